The first kappa shape index (κ1) is 27.3. The lowest BCUT2D eigenvalue weighted by molar-refractivity contribution is 0.887. The number of benzene rings is 7. The maximum atomic E-state index is 5.22. The maximum absolute atomic E-state index is 5.22. The Balaban J connectivity index is 1.18. The van der Waals surface area contributed by atoms with Gasteiger partial charge in [0.1, 0.15) is 0 Å². The normalized spacial score (nSPS) is 15.8. The fourth-order valence-electron chi connectivity index (χ4n) is 8.32. The number of nitrogens with zero attached hydrogens (tertiary/aromatic N) is 3. The third-order valence-corrected chi connectivity index (χ3v) is 10.5. The minimum atomic E-state index is 0.0777. The molecule has 2 heterocycles. The van der Waals surface area contributed by atoms with E-state index in [1.54, 1.807) is 0 Å². The zero-order valence-electron chi connectivity index (χ0n) is 27.1. The standard InChI is InChI=1S/C46H30N4/c1-3-13-30(14-4-1)49(31-15-5-2-6-16-31)32-23-25-33(26-24-32)50-45-34-17-8-7-12-29(34)22-27-35(45)38-28-39-42-36(18-11-19-37(42)46(38)50)43-44(39)48-41-21-10-9-20-40(41)47-43/h1-28,41,48H. The highest BCUT2D eigenvalue weighted by Crippen LogP contribution is 2.49. The predicted octanol–water partition coefficient (Wildman–Crippen LogP) is 11.2. The third-order valence-electron chi connectivity index (χ3n) is 10.5. The van der Waals surface area contributed by atoms with Gasteiger partial charge in [0.25, 0.3) is 0 Å². The van der Waals surface area contributed by atoms with Crippen LogP contribution >= 0.6 is 0 Å². The van der Waals surface area contributed by atoms with Crippen LogP contribution in [-0.2, 0) is 0 Å². The van der Waals surface area contributed by atoms with E-state index in [9.17, 15) is 0 Å². The number of rotatable bonds is 4. The largest absolute Gasteiger partial charge is 0.371 e. The van der Waals surface area contributed by atoms with Gasteiger partial charge < -0.3 is 14.8 Å². The van der Waals surface area contributed by atoms with Gasteiger partial charge in [-0.25, -0.2) is 4.99 Å². The molecule has 1 atom stereocenters. The number of para-hydroxylation sites is 2. The van der Waals surface area contributed by atoms with E-state index in [4.69, 9.17) is 4.99 Å². The van der Waals surface area contributed by atoms with E-state index in [1.807, 2.05) is 0 Å². The molecule has 1 aliphatic heterocycles. The van der Waals surface area contributed by atoms with Crippen molar-refractivity contribution in [2.24, 2.45) is 4.99 Å². The summed E-state index contributed by atoms with van der Waals surface area (Å²) in [5.41, 5.74) is 12.6. The zero-order chi connectivity index (χ0) is 32.8. The monoisotopic (exact) mass is 638 g/mol. The summed E-state index contributed by atoms with van der Waals surface area (Å²) in [5, 5.41) is 11.3. The first-order chi connectivity index (χ1) is 24.8. The van der Waals surface area contributed by atoms with Gasteiger partial charge in [-0.1, -0.05) is 109 Å². The zero-order valence-corrected chi connectivity index (χ0v) is 27.1. The Bertz CT molecular complexity index is 2780. The van der Waals surface area contributed by atoms with Gasteiger partial charge in [-0.05, 0) is 66.1 Å². The van der Waals surface area contributed by atoms with E-state index in [-0.39, 0.29) is 6.04 Å². The summed E-state index contributed by atoms with van der Waals surface area (Å²) in [6.45, 7) is 0. The van der Waals surface area contributed by atoms with Crippen molar-refractivity contribution in [2.75, 3.05) is 4.90 Å². The number of hydrogen-bond acceptors (Lipinski definition) is 3. The van der Waals surface area contributed by atoms with Gasteiger partial charge in [0.15, 0.2) is 0 Å². The first-order valence-electron chi connectivity index (χ1n) is 17.2. The number of aliphatic imine (C=N–C) groups is 1. The van der Waals surface area contributed by atoms with Crippen LogP contribution < -0.4 is 10.2 Å². The summed E-state index contributed by atoms with van der Waals surface area (Å²) >= 11 is 0. The number of aromatic nitrogens is 1. The Morgan fingerprint density at radius 3 is 2.06 bits per heavy atom. The first-order valence-corrected chi connectivity index (χ1v) is 17.2. The Kier molecular flexibility index (Phi) is 5.69. The van der Waals surface area contributed by atoms with Crippen molar-refractivity contribution < 1.29 is 0 Å². The van der Waals surface area contributed by atoms with Crippen LogP contribution in [0, 0.1) is 0 Å². The Morgan fingerprint density at radius 1 is 0.560 bits per heavy atom. The molecule has 0 saturated heterocycles. The number of allylic oxidation sites excluding steroid dienone is 2. The fourth-order valence-corrected chi connectivity index (χ4v) is 8.32. The molecular weight excluding hydrogens is 609 g/mol. The topological polar surface area (TPSA) is 32.6 Å². The van der Waals surface area contributed by atoms with Crippen LogP contribution in [0.1, 0.15) is 11.1 Å². The molecule has 234 valence electrons. The van der Waals surface area contributed by atoms with Crippen LogP contribution in [0.5, 0.6) is 0 Å². The summed E-state index contributed by atoms with van der Waals surface area (Å²) in [6.07, 6.45) is 8.49. The third kappa shape index (κ3) is 3.84. The van der Waals surface area contributed by atoms with Crippen molar-refractivity contribution in [1.29, 1.82) is 0 Å². The lowest BCUT2D eigenvalue weighted by Crippen LogP contribution is -2.36. The van der Waals surface area contributed by atoms with E-state index in [0.29, 0.717) is 0 Å². The van der Waals surface area contributed by atoms with Crippen LogP contribution in [0.2, 0.25) is 0 Å². The molecule has 1 N–H and O–H groups in total. The van der Waals surface area contributed by atoms with E-state index < -0.39 is 0 Å². The van der Waals surface area contributed by atoms with Crippen molar-refractivity contribution in [1.82, 2.24) is 9.88 Å². The molecule has 2 aliphatic carbocycles. The van der Waals surface area contributed by atoms with Gasteiger partial charge in [-0.2, -0.15) is 0 Å². The molecule has 0 saturated carbocycles. The SMILES string of the molecule is C1=CC2=NC3=C(NC2C=C1)c1cc2c4ccc5ccccc5c4n(-c4ccc(N(c5ccccc5)c5ccccc5)cc4)c2c2cccc3c12. The molecule has 0 fully saturated rings. The van der Waals surface area contributed by atoms with Gasteiger partial charge in [-0.15, -0.1) is 0 Å². The van der Waals surface area contributed by atoms with E-state index >= 15 is 0 Å². The summed E-state index contributed by atoms with van der Waals surface area (Å²) in [4.78, 5) is 7.54. The Labute approximate surface area is 289 Å². The highest BCUT2D eigenvalue weighted by atomic mass is 15.1. The molecule has 0 amide bonds. The molecule has 0 bridgehead atoms. The second-order valence-electron chi connectivity index (χ2n) is 13.2. The molecule has 1 aromatic heterocycles. The molecule has 7 aromatic carbocycles. The molecule has 0 radical (unpaired) electrons. The van der Waals surface area contributed by atoms with Gasteiger partial charge in [0.2, 0.25) is 0 Å². The van der Waals surface area contributed by atoms with Gasteiger partial charge in [0.05, 0.1) is 34.2 Å². The van der Waals surface area contributed by atoms with Crippen LogP contribution in [-0.4, -0.2) is 16.3 Å². The molecule has 1 unspecified atom stereocenters. The highest BCUT2D eigenvalue weighted by molar-refractivity contribution is 6.29. The number of fused-ring (bicyclic) bond motifs is 9. The Hall–Kier alpha value is -6.65. The summed E-state index contributed by atoms with van der Waals surface area (Å²) in [5.74, 6) is 0. The van der Waals surface area contributed by atoms with Gasteiger partial charge >= 0.3 is 0 Å². The van der Waals surface area contributed by atoms with E-state index in [2.05, 4.69) is 185 Å². The van der Waals surface area contributed by atoms with Crippen molar-refractivity contribution in [2.45, 2.75) is 6.04 Å². The molecule has 50 heavy (non-hydrogen) atoms. The van der Waals surface area contributed by atoms with Crippen molar-refractivity contribution >= 4 is 77.5 Å². The minimum absolute atomic E-state index is 0.0777. The van der Waals surface area contributed by atoms with Crippen molar-refractivity contribution in [3.05, 3.63) is 181 Å². The second kappa shape index (κ2) is 10.4. The number of nitrogens with one attached hydrogen (secondary N) is 1. The molecule has 8 aromatic rings. The van der Waals surface area contributed by atoms with Gasteiger partial charge in [0, 0.05) is 60.8 Å². The molecule has 0 spiro atoms. The van der Waals surface area contributed by atoms with E-state index in [1.165, 1.54) is 54.5 Å². The van der Waals surface area contributed by atoms with Crippen LogP contribution in [0.25, 0.3) is 60.4 Å². The lowest BCUT2D eigenvalue weighted by atomic mass is 9.98. The fraction of sp³-hybridized carbons (Fsp3) is 0.0217. The molecule has 11 rings (SSSR count). The Morgan fingerprint density at radius 2 is 1.26 bits per heavy atom. The van der Waals surface area contributed by atoms with Crippen molar-refractivity contribution in [3.8, 4) is 5.69 Å². The average molecular weight is 639 g/mol. The predicted molar refractivity (Wildman–Crippen MR) is 210 cm³/mol. The molecule has 4 heteroatoms. The summed E-state index contributed by atoms with van der Waals surface area (Å²) < 4.78 is 2.50. The summed E-state index contributed by atoms with van der Waals surface area (Å²) in [6, 6.07) is 52.8. The summed E-state index contributed by atoms with van der Waals surface area (Å²) in [7, 11) is 0. The van der Waals surface area contributed by atoms with E-state index in [0.717, 1.165) is 39.9 Å². The quantitative estimate of drug-likeness (QED) is 0.208. The maximum Gasteiger partial charge on any atom is 0.0950 e. The number of hydrogen-bond donors (Lipinski definition) is 1. The molecule has 3 aliphatic rings. The highest BCUT2D eigenvalue weighted by Gasteiger charge is 2.32. The lowest BCUT2D eigenvalue weighted by Gasteiger charge is -2.25. The van der Waals surface area contributed by atoms with Crippen LogP contribution in [0.4, 0.5) is 17.1 Å². The molecular formula is C46H30N4. The number of anilines is 3. The van der Waals surface area contributed by atoms with Crippen LogP contribution in [0.3, 0.4) is 0 Å². The smallest absolute Gasteiger partial charge is 0.0950 e. The second-order valence-corrected chi connectivity index (χ2v) is 13.2. The van der Waals surface area contributed by atoms with Crippen molar-refractivity contribution in [3.63, 3.8) is 0 Å². The van der Waals surface area contributed by atoms with Gasteiger partial charge in [-0.3, -0.25) is 0 Å². The minimum Gasteiger partial charge on any atom is -0.371 e. The molecule has 4 nitrogen and oxygen atoms in total. The van der Waals surface area contributed by atoms with Crippen LogP contribution in [0.15, 0.2) is 175 Å². The average Bonchev–Trinajstić information content (AvgIpc) is 3.69.